The minimum Gasteiger partial charge on any atom is -0.466 e. The molecule has 0 aromatic heterocycles. The fourth-order valence-corrected chi connectivity index (χ4v) is 3.60. The Bertz CT molecular complexity index is 684. The molecule has 0 N–H and O–H groups in total. The fraction of sp³-hybridized carbons (Fsp3) is 0.235. The summed E-state index contributed by atoms with van der Waals surface area (Å²) in [5.74, 6) is -0.177. The first-order valence-electron chi connectivity index (χ1n) is 6.98. The number of fused-ring (bicyclic) bond motifs is 2. The number of esters is 1. The molecule has 0 saturated carbocycles. The molecule has 0 amide bonds. The molecule has 3 nitrogen and oxygen atoms in total. The van der Waals surface area contributed by atoms with Crippen LogP contribution in [0.2, 0.25) is 0 Å². The summed E-state index contributed by atoms with van der Waals surface area (Å²) in [5, 5.41) is 0. The van der Waals surface area contributed by atoms with Crippen molar-refractivity contribution in [2.45, 2.75) is 23.1 Å². The van der Waals surface area contributed by atoms with E-state index in [-0.39, 0.29) is 5.97 Å². The van der Waals surface area contributed by atoms with Crippen molar-refractivity contribution in [2.75, 3.05) is 18.6 Å². The van der Waals surface area contributed by atoms with Gasteiger partial charge < -0.3 is 9.64 Å². The van der Waals surface area contributed by atoms with Gasteiger partial charge in [0, 0.05) is 16.8 Å². The monoisotopic (exact) mass is 299 g/mol. The van der Waals surface area contributed by atoms with Gasteiger partial charge in [-0.2, -0.15) is 0 Å². The van der Waals surface area contributed by atoms with Crippen molar-refractivity contribution in [2.24, 2.45) is 0 Å². The molecule has 3 rings (SSSR count). The van der Waals surface area contributed by atoms with Crippen LogP contribution in [0.4, 0.5) is 11.4 Å². The summed E-state index contributed by atoms with van der Waals surface area (Å²) in [4.78, 5) is 16.3. The molecule has 2 aromatic rings. The van der Waals surface area contributed by atoms with Gasteiger partial charge in [-0.1, -0.05) is 30.0 Å². The first-order valence-corrected chi connectivity index (χ1v) is 7.80. The number of hydrogen-bond acceptors (Lipinski definition) is 4. The first-order chi connectivity index (χ1) is 10.2. The minimum absolute atomic E-state index is 0.177. The maximum atomic E-state index is 11.6. The number of ether oxygens (including phenoxy) is 1. The third-order valence-corrected chi connectivity index (χ3v) is 4.62. The van der Waals surface area contributed by atoms with Gasteiger partial charge in [-0.25, -0.2) is 0 Å². The summed E-state index contributed by atoms with van der Waals surface area (Å²) in [6.07, 6.45) is 0.321. The molecule has 0 aliphatic carbocycles. The van der Waals surface area contributed by atoms with E-state index in [9.17, 15) is 4.79 Å². The molecule has 4 heteroatoms. The Morgan fingerprint density at radius 1 is 1.14 bits per heavy atom. The van der Waals surface area contributed by atoms with Crippen molar-refractivity contribution >= 4 is 29.1 Å². The number of carbonyl (C=O) groups excluding carboxylic acids is 1. The highest BCUT2D eigenvalue weighted by Crippen LogP contribution is 2.47. The van der Waals surface area contributed by atoms with E-state index in [4.69, 9.17) is 4.74 Å². The molecule has 0 saturated heterocycles. The molecule has 1 heterocycles. The van der Waals surface area contributed by atoms with Crippen LogP contribution in [0.15, 0.2) is 52.3 Å². The second-order valence-electron chi connectivity index (χ2n) is 4.91. The van der Waals surface area contributed by atoms with Crippen LogP contribution in [0.3, 0.4) is 0 Å². The summed E-state index contributed by atoms with van der Waals surface area (Å²) >= 11 is 1.77. The Hall–Kier alpha value is -1.94. The van der Waals surface area contributed by atoms with E-state index in [1.165, 1.54) is 15.5 Å². The van der Waals surface area contributed by atoms with Crippen LogP contribution in [0.25, 0.3) is 0 Å². The van der Waals surface area contributed by atoms with Gasteiger partial charge in [0.05, 0.1) is 24.4 Å². The second kappa shape index (κ2) is 5.82. The molecule has 2 aromatic carbocycles. The predicted molar refractivity (Wildman–Crippen MR) is 85.4 cm³/mol. The molecular formula is C17H17NO2S. The van der Waals surface area contributed by atoms with Gasteiger partial charge >= 0.3 is 5.97 Å². The van der Waals surface area contributed by atoms with Gasteiger partial charge in [-0.05, 0) is 36.8 Å². The molecule has 1 aliphatic rings. The number of carbonyl (C=O) groups is 1. The lowest BCUT2D eigenvalue weighted by Gasteiger charge is -2.29. The van der Waals surface area contributed by atoms with Crippen LogP contribution in [0.5, 0.6) is 0 Å². The molecule has 0 unspecified atom stereocenters. The third-order valence-electron chi connectivity index (χ3n) is 3.49. The lowest BCUT2D eigenvalue weighted by atomic mass is 10.1. The molecule has 0 fully saturated rings. The predicted octanol–water partition coefficient (Wildman–Crippen LogP) is 4.02. The molecule has 1 aliphatic heterocycles. The van der Waals surface area contributed by atoms with E-state index in [1.807, 2.05) is 19.1 Å². The molecular weight excluding hydrogens is 282 g/mol. The van der Waals surface area contributed by atoms with Crippen molar-refractivity contribution in [3.8, 4) is 0 Å². The zero-order chi connectivity index (χ0) is 14.8. The largest absolute Gasteiger partial charge is 0.466 e. The highest BCUT2D eigenvalue weighted by Gasteiger charge is 2.20. The van der Waals surface area contributed by atoms with Crippen LogP contribution >= 0.6 is 11.8 Å². The summed E-state index contributed by atoms with van der Waals surface area (Å²) in [6.45, 7) is 2.25. The van der Waals surface area contributed by atoms with Crippen LogP contribution < -0.4 is 4.90 Å². The average Bonchev–Trinajstić information content (AvgIpc) is 2.48. The van der Waals surface area contributed by atoms with Crippen molar-refractivity contribution in [1.29, 1.82) is 0 Å². The van der Waals surface area contributed by atoms with E-state index < -0.39 is 0 Å². The summed E-state index contributed by atoms with van der Waals surface area (Å²) in [7, 11) is 2.06. The summed E-state index contributed by atoms with van der Waals surface area (Å²) < 4.78 is 5.02. The number of hydrogen-bond donors (Lipinski definition) is 0. The number of nitrogens with zero attached hydrogens (tertiary/aromatic N) is 1. The van der Waals surface area contributed by atoms with Gasteiger partial charge in [0.25, 0.3) is 0 Å². The van der Waals surface area contributed by atoms with Crippen molar-refractivity contribution in [1.82, 2.24) is 0 Å². The highest BCUT2D eigenvalue weighted by atomic mass is 32.2. The molecule has 108 valence electrons. The van der Waals surface area contributed by atoms with Gasteiger partial charge in [-0.15, -0.1) is 0 Å². The van der Waals surface area contributed by atoms with E-state index in [2.05, 4.69) is 42.3 Å². The number of para-hydroxylation sites is 1. The first kappa shape index (κ1) is 14.0. The maximum Gasteiger partial charge on any atom is 0.310 e. The summed E-state index contributed by atoms with van der Waals surface area (Å²) in [6, 6.07) is 14.5. The smallest absolute Gasteiger partial charge is 0.310 e. The van der Waals surface area contributed by atoms with Gasteiger partial charge in [0.1, 0.15) is 0 Å². The lowest BCUT2D eigenvalue weighted by Crippen LogP contribution is -2.15. The normalized spacial score (nSPS) is 12.6. The molecule has 0 bridgehead atoms. The minimum atomic E-state index is -0.177. The van der Waals surface area contributed by atoms with Crippen molar-refractivity contribution < 1.29 is 9.53 Å². The number of rotatable bonds is 3. The quantitative estimate of drug-likeness (QED) is 0.801. The third kappa shape index (κ3) is 2.76. The van der Waals surface area contributed by atoms with Crippen molar-refractivity contribution in [3.63, 3.8) is 0 Å². The van der Waals surface area contributed by atoms with Gasteiger partial charge in [0.15, 0.2) is 0 Å². The van der Waals surface area contributed by atoms with Gasteiger partial charge in [0.2, 0.25) is 0 Å². The Kier molecular flexibility index (Phi) is 3.88. The van der Waals surface area contributed by atoms with Gasteiger partial charge in [-0.3, -0.25) is 4.79 Å². The topological polar surface area (TPSA) is 29.5 Å². The standard InChI is InChI=1S/C17H17NO2S/c1-3-20-17(19)11-12-8-9-16-14(10-12)18(2)13-6-4-5-7-15(13)21-16/h4-10H,3,11H2,1-2H3. The molecule has 0 spiro atoms. The molecule has 0 radical (unpaired) electrons. The van der Waals surface area contributed by atoms with E-state index >= 15 is 0 Å². The van der Waals surface area contributed by atoms with E-state index in [0.29, 0.717) is 13.0 Å². The zero-order valence-electron chi connectivity index (χ0n) is 12.1. The van der Waals surface area contributed by atoms with Crippen LogP contribution in [0, 0.1) is 0 Å². The Morgan fingerprint density at radius 3 is 2.71 bits per heavy atom. The fourth-order valence-electron chi connectivity index (χ4n) is 2.47. The Balaban J connectivity index is 1.90. The summed E-state index contributed by atoms with van der Waals surface area (Å²) in [5.41, 5.74) is 3.32. The van der Waals surface area contributed by atoms with Crippen LogP contribution in [0.1, 0.15) is 12.5 Å². The highest BCUT2D eigenvalue weighted by molar-refractivity contribution is 7.99. The average molecular weight is 299 g/mol. The lowest BCUT2D eigenvalue weighted by molar-refractivity contribution is -0.142. The molecule has 0 atom stereocenters. The van der Waals surface area contributed by atoms with E-state index in [1.54, 1.807) is 11.8 Å². The Labute approximate surface area is 128 Å². The zero-order valence-corrected chi connectivity index (χ0v) is 12.9. The SMILES string of the molecule is CCOC(=O)Cc1ccc2c(c1)N(C)c1ccccc1S2. The van der Waals surface area contributed by atoms with Crippen LogP contribution in [-0.2, 0) is 16.0 Å². The molecule has 21 heavy (non-hydrogen) atoms. The Morgan fingerprint density at radius 2 is 1.90 bits per heavy atom. The number of benzene rings is 2. The van der Waals surface area contributed by atoms with Crippen molar-refractivity contribution in [3.05, 3.63) is 48.0 Å². The van der Waals surface area contributed by atoms with E-state index in [0.717, 1.165) is 11.3 Å². The van der Waals surface area contributed by atoms with Crippen LogP contribution in [-0.4, -0.2) is 19.6 Å². The number of anilines is 2. The maximum absolute atomic E-state index is 11.6. The second-order valence-corrected chi connectivity index (χ2v) is 6.00.